The molecule has 1 fully saturated rings. The van der Waals surface area contributed by atoms with E-state index in [0.29, 0.717) is 59.5 Å². The Kier molecular flexibility index (Phi) is 8.59. The van der Waals surface area contributed by atoms with Crippen LogP contribution in [0.5, 0.6) is 5.75 Å². The first-order chi connectivity index (χ1) is 17.2. The van der Waals surface area contributed by atoms with Crippen LogP contribution in [0.4, 0.5) is 11.4 Å². The van der Waals surface area contributed by atoms with E-state index in [2.05, 4.69) is 0 Å². The highest BCUT2D eigenvalue weighted by Gasteiger charge is 2.35. The van der Waals surface area contributed by atoms with Crippen LogP contribution in [-0.2, 0) is 4.79 Å². The fourth-order valence-electron chi connectivity index (χ4n) is 3.42. The number of benzene rings is 3. The number of halogens is 4. The Balaban J connectivity index is 1.77. The fourth-order valence-corrected chi connectivity index (χ4v) is 5.38. The van der Waals surface area contributed by atoms with Crippen molar-refractivity contribution in [1.82, 2.24) is 0 Å². The molecule has 0 saturated carbocycles. The summed E-state index contributed by atoms with van der Waals surface area (Å²) >= 11 is 26.8. The number of nitrogens with zero attached hydrogens (tertiary/aromatic N) is 2. The topological polar surface area (TPSA) is 41.9 Å². The van der Waals surface area contributed by atoms with E-state index in [1.807, 2.05) is 45.0 Å². The fraction of sp³-hybridized carbons (Fsp3) is 0.185. The Morgan fingerprint density at radius 3 is 2.17 bits per heavy atom. The number of ether oxygens (including phenoxy) is 1. The Bertz CT molecular complexity index is 1380. The second-order valence-corrected chi connectivity index (χ2v) is 10.8. The van der Waals surface area contributed by atoms with E-state index in [1.165, 1.54) is 16.7 Å². The lowest BCUT2D eigenvalue weighted by molar-refractivity contribution is -0.113. The van der Waals surface area contributed by atoms with Crippen LogP contribution in [0.3, 0.4) is 0 Å². The molecule has 0 radical (unpaired) electrons. The van der Waals surface area contributed by atoms with Crippen LogP contribution in [0.1, 0.15) is 30.0 Å². The highest BCUT2D eigenvalue weighted by Crippen LogP contribution is 2.40. The third kappa shape index (κ3) is 5.87. The van der Waals surface area contributed by atoms with Crippen molar-refractivity contribution >= 4 is 86.7 Å². The van der Waals surface area contributed by atoms with Crippen molar-refractivity contribution in [3.05, 3.63) is 90.2 Å². The number of aryl methyl sites for hydroxylation is 2. The van der Waals surface area contributed by atoms with Crippen LogP contribution in [0.15, 0.2) is 58.4 Å². The highest BCUT2D eigenvalue weighted by molar-refractivity contribution is 8.19. The minimum absolute atomic E-state index is 0.240. The van der Waals surface area contributed by atoms with E-state index in [4.69, 9.17) is 56.1 Å². The molecule has 4 nitrogen and oxygen atoms in total. The summed E-state index contributed by atoms with van der Waals surface area (Å²) in [6.45, 7) is 6.33. The van der Waals surface area contributed by atoms with Gasteiger partial charge in [0, 0.05) is 10.0 Å². The Labute approximate surface area is 234 Å². The summed E-state index contributed by atoms with van der Waals surface area (Å²) in [5.41, 5.74) is 3.77. The molecule has 0 N–H and O–H groups in total. The number of aliphatic imine (C=N–C) groups is 1. The van der Waals surface area contributed by atoms with Gasteiger partial charge in [-0.3, -0.25) is 9.69 Å². The minimum Gasteiger partial charge on any atom is -0.490 e. The first-order valence-corrected chi connectivity index (χ1v) is 13.5. The van der Waals surface area contributed by atoms with Crippen LogP contribution >= 0.6 is 58.2 Å². The number of anilines is 1. The first-order valence-electron chi connectivity index (χ1n) is 11.1. The first kappa shape index (κ1) is 26.9. The van der Waals surface area contributed by atoms with E-state index < -0.39 is 0 Å². The Morgan fingerprint density at radius 1 is 0.917 bits per heavy atom. The largest absolute Gasteiger partial charge is 0.490 e. The summed E-state index contributed by atoms with van der Waals surface area (Å²) in [7, 11) is 0. The van der Waals surface area contributed by atoms with Crippen LogP contribution in [0, 0.1) is 13.8 Å². The van der Waals surface area contributed by atoms with Crippen LogP contribution < -0.4 is 9.64 Å². The van der Waals surface area contributed by atoms with E-state index >= 15 is 0 Å². The van der Waals surface area contributed by atoms with Gasteiger partial charge in [0.15, 0.2) is 10.9 Å². The molecule has 1 amide bonds. The molecule has 9 heteroatoms. The zero-order chi connectivity index (χ0) is 26.0. The molecule has 0 bridgehead atoms. The van der Waals surface area contributed by atoms with Crippen molar-refractivity contribution in [2.75, 3.05) is 11.5 Å². The van der Waals surface area contributed by atoms with E-state index in [-0.39, 0.29) is 5.91 Å². The van der Waals surface area contributed by atoms with Crippen molar-refractivity contribution in [1.29, 1.82) is 0 Å². The zero-order valence-electron chi connectivity index (χ0n) is 19.7. The van der Waals surface area contributed by atoms with Crippen molar-refractivity contribution in [3.63, 3.8) is 0 Å². The van der Waals surface area contributed by atoms with Crippen molar-refractivity contribution in [3.8, 4) is 5.75 Å². The van der Waals surface area contributed by atoms with Gasteiger partial charge in [-0.05, 0) is 91.2 Å². The molecule has 1 heterocycles. The van der Waals surface area contributed by atoms with Gasteiger partial charge in [0.25, 0.3) is 5.91 Å². The molecular weight excluding hydrogens is 558 g/mol. The summed E-state index contributed by atoms with van der Waals surface area (Å²) in [5.74, 6) is 0.192. The molecule has 4 rings (SSSR count). The third-order valence-electron chi connectivity index (χ3n) is 5.37. The molecule has 0 atom stereocenters. The maximum atomic E-state index is 13.6. The van der Waals surface area contributed by atoms with Crippen molar-refractivity contribution in [2.24, 2.45) is 4.99 Å². The predicted molar refractivity (Wildman–Crippen MR) is 155 cm³/mol. The number of hydrogen-bond acceptors (Lipinski definition) is 4. The second kappa shape index (κ2) is 11.5. The van der Waals surface area contributed by atoms with Crippen molar-refractivity contribution < 1.29 is 9.53 Å². The van der Waals surface area contributed by atoms with E-state index in [1.54, 1.807) is 30.3 Å². The van der Waals surface area contributed by atoms with Gasteiger partial charge in [-0.1, -0.05) is 65.5 Å². The van der Waals surface area contributed by atoms with Gasteiger partial charge in [0.2, 0.25) is 0 Å². The molecule has 0 aliphatic carbocycles. The van der Waals surface area contributed by atoms with Crippen LogP contribution in [0.25, 0.3) is 6.08 Å². The number of hydrogen-bond donors (Lipinski definition) is 0. The predicted octanol–water partition coefficient (Wildman–Crippen LogP) is 9.51. The minimum atomic E-state index is -0.240. The summed E-state index contributed by atoms with van der Waals surface area (Å²) in [6.07, 6.45) is 2.57. The molecule has 1 aliphatic heterocycles. The second-order valence-electron chi connectivity index (χ2n) is 8.17. The quantitative estimate of drug-likeness (QED) is 0.273. The number of amides is 1. The maximum absolute atomic E-state index is 13.6. The van der Waals surface area contributed by atoms with Crippen molar-refractivity contribution in [2.45, 2.75) is 27.2 Å². The lowest BCUT2D eigenvalue weighted by atomic mass is 10.2. The normalized spacial score (nSPS) is 15.9. The average molecular weight is 580 g/mol. The number of thioether (sulfide) groups is 1. The molecule has 3 aromatic carbocycles. The lowest BCUT2D eigenvalue weighted by Gasteiger charge is -2.16. The van der Waals surface area contributed by atoms with Crippen LogP contribution in [-0.4, -0.2) is 17.7 Å². The van der Waals surface area contributed by atoms with Gasteiger partial charge in [-0.15, -0.1) is 0 Å². The standard InChI is InChI=1S/C27H22Cl4N2O2S/c1-4-9-35-25-22(30)10-17(11-23(25)31)12-24-26(34)33(19-8-6-16(3)21(29)14-19)27(36-24)32-18-7-5-15(2)20(28)13-18/h5-8,10-14H,4,9H2,1-3H3/b24-12+,32-27?. The Hall–Kier alpha value is -2.15. The van der Waals surface area contributed by atoms with Gasteiger partial charge in [0.1, 0.15) is 0 Å². The lowest BCUT2D eigenvalue weighted by Crippen LogP contribution is -2.28. The zero-order valence-corrected chi connectivity index (χ0v) is 23.6. The monoisotopic (exact) mass is 578 g/mol. The summed E-state index contributed by atoms with van der Waals surface area (Å²) in [4.78, 5) is 20.3. The highest BCUT2D eigenvalue weighted by atomic mass is 35.5. The molecule has 1 saturated heterocycles. The SMILES string of the molecule is CCCOc1c(Cl)cc(/C=C2/SC(=Nc3ccc(C)c(Cl)c3)N(c3ccc(C)c(Cl)c3)C2=O)cc1Cl. The molecule has 1 aliphatic rings. The summed E-state index contributed by atoms with van der Waals surface area (Å²) in [5, 5.41) is 2.39. The van der Waals surface area contributed by atoms with Crippen LogP contribution in [0.2, 0.25) is 20.1 Å². The molecule has 0 aromatic heterocycles. The van der Waals surface area contributed by atoms with Gasteiger partial charge in [-0.2, -0.15) is 0 Å². The molecule has 36 heavy (non-hydrogen) atoms. The van der Waals surface area contributed by atoms with Gasteiger partial charge in [-0.25, -0.2) is 4.99 Å². The number of carbonyl (C=O) groups excluding carboxylic acids is 1. The maximum Gasteiger partial charge on any atom is 0.271 e. The number of rotatable bonds is 6. The van der Waals surface area contributed by atoms with Gasteiger partial charge >= 0.3 is 0 Å². The third-order valence-corrected chi connectivity index (χ3v) is 7.71. The van der Waals surface area contributed by atoms with E-state index in [9.17, 15) is 4.79 Å². The molecule has 0 spiro atoms. The summed E-state index contributed by atoms with van der Waals surface area (Å²) < 4.78 is 5.65. The van der Waals surface area contributed by atoms with E-state index in [0.717, 1.165) is 17.5 Å². The van der Waals surface area contributed by atoms with Gasteiger partial charge < -0.3 is 4.74 Å². The Morgan fingerprint density at radius 2 is 1.56 bits per heavy atom. The molecule has 3 aromatic rings. The summed E-state index contributed by atoms with van der Waals surface area (Å²) in [6, 6.07) is 14.4. The molecule has 186 valence electrons. The molecule has 0 unspecified atom stereocenters. The average Bonchev–Trinajstić information content (AvgIpc) is 3.12. The molecular formula is C27H22Cl4N2O2S. The smallest absolute Gasteiger partial charge is 0.271 e. The number of amidine groups is 1. The number of carbonyl (C=O) groups is 1. The van der Waals surface area contributed by atoms with Gasteiger partial charge in [0.05, 0.1) is 32.9 Å².